The average molecular weight is 275 g/mol. The number of hydrogen-bond acceptors (Lipinski definition) is 3. The lowest BCUT2D eigenvalue weighted by molar-refractivity contribution is -0.157. The van der Waals surface area contributed by atoms with Crippen LogP contribution in [-0.4, -0.2) is 30.4 Å². The number of ether oxygens (including phenoxy) is 1. The molecule has 0 bridgehead atoms. The predicted octanol–water partition coefficient (Wildman–Crippen LogP) is 2.33. The molecule has 20 heavy (non-hydrogen) atoms. The summed E-state index contributed by atoms with van der Waals surface area (Å²) < 4.78 is 4.91. The number of carbonyl (C=O) groups is 2. The summed E-state index contributed by atoms with van der Waals surface area (Å²) in [6, 6.07) is 7.12. The van der Waals surface area contributed by atoms with Crippen LogP contribution in [0, 0.1) is 5.41 Å². The Bertz CT molecular complexity index is 531. The van der Waals surface area contributed by atoms with Crippen LogP contribution in [0.3, 0.4) is 0 Å². The van der Waals surface area contributed by atoms with Gasteiger partial charge in [0.05, 0.1) is 7.11 Å². The van der Waals surface area contributed by atoms with Gasteiger partial charge in [-0.05, 0) is 17.5 Å². The molecule has 0 N–H and O–H groups in total. The van der Waals surface area contributed by atoms with E-state index < -0.39 is 11.5 Å². The van der Waals surface area contributed by atoms with Gasteiger partial charge in [-0.1, -0.05) is 45.0 Å². The number of amides is 1. The van der Waals surface area contributed by atoms with E-state index in [1.165, 1.54) is 7.11 Å². The van der Waals surface area contributed by atoms with Gasteiger partial charge in [0, 0.05) is 12.0 Å². The number of benzene rings is 1. The number of esters is 1. The maximum absolute atomic E-state index is 12.6. The second-order valence-corrected chi connectivity index (χ2v) is 6.12. The van der Waals surface area contributed by atoms with E-state index in [-0.39, 0.29) is 11.9 Å². The lowest BCUT2D eigenvalue weighted by Crippen LogP contribution is -2.48. The highest BCUT2D eigenvalue weighted by atomic mass is 16.5. The summed E-state index contributed by atoms with van der Waals surface area (Å²) in [6.07, 6.45) is 0.769. The van der Waals surface area contributed by atoms with Crippen LogP contribution in [0.5, 0.6) is 0 Å². The van der Waals surface area contributed by atoms with Crippen molar-refractivity contribution >= 4 is 11.9 Å². The first kappa shape index (κ1) is 14.6. The second-order valence-electron chi connectivity index (χ2n) is 6.12. The van der Waals surface area contributed by atoms with Gasteiger partial charge >= 0.3 is 5.97 Å². The maximum atomic E-state index is 12.6. The van der Waals surface area contributed by atoms with E-state index in [2.05, 4.69) is 0 Å². The van der Waals surface area contributed by atoms with Gasteiger partial charge in [-0.15, -0.1) is 0 Å². The van der Waals surface area contributed by atoms with Crippen molar-refractivity contribution in [3.05, 3.63) is 35.4 Å². The molecule has 0 saturated carbocycles. The van der Waals surface area contributed by atoms with Gasteiger partial charge < -0.3 is 9.64 Å². The van der Waals surface area contributed by atoms with Crippen molar-refractivity contribution in [2.75, 3.05) is 13.7 Å². The first-order chi connectivity index (χ1) is 9.36. The number of hydrogen-bond donors (Lipinski definition) is 0. The number of carbonyl (C=O) groups excluding carboxylic acids is 2. The second kappa shape index (κ2) is 5.27. The molecule has 0 saturated heterocycles. The van der Waals surface area contributed by atoms with E-state index in [0.717, 1.165) is 17.5 Å². The molecule has 1 atom stereocenters. The van der Waals surface area contributed by atoms with Crippen molar-refractivity contribution in [2.24, 2.45) is 5.41 Å². The van der Waals surface area contributed by atoms with Crippen molar-refractivity contribution in [2.45, 2.75) is 33.2 Å². The zero-order chi connectivity index (χ0) is 14.9. The van der Waals surface area contributed by atoms with Crippen LogP contribution in [0.4, 0.5) is 0 Å². The van der Waals surface area contributed by atoms with Gasteiger partial charge in [-0.25, -0.2) is 4.79 Å². The monoisotopic (exact) mass is 275 g/mol. The van der Waals surface area contributed by atoms with E-state index in [4.69, 9.17) is 4.74 Å². The van der Waals surface area contributed by atoms with Crippen LogP contribution in [-0.2, 0) is 20.7 Å². The molecule has 4 nitrogen and oxygen atoms in total. The fraction of sp³-hybridized carbons (Fsp3) is 0.500. The topological polar surface area (TPSA) is 46.6 Å². The summed E-state index contributed by atoms with van der Waals surface area (Å²) in [5.41, 5.74) is 1.47. The van der Waals surface area contributed by atoms with Crippen molar-refractivity contribution in [1.82, 2.24) is 4.90 Å². The van der Waals surface area contributed by atoms with Crippen molar-refractivity contribution in [1.29, 1.82) is 0 Å². The molecular weight excluding hydrogens is 254 g/mol. The highest BCUT2D eigenvalue weighted by molar-refractivity contribution is 5.89. The molecule has 1 heterocycles. The van der Waals surface area contributed by atoms with Crippen LogP contribution in [0.2, 0.25) is 0 Å². The molecule has 0 aliphatic carbocycles. The summed E-state index contributed by atoms with van der Waals surface area (Å²) in [5.74, 6) is -0.405. The number of methoxy groups -OCH3 is 1. The van der Waals surface area contributed by atoms with E-state index >= 15 is 0 Å². The molecule has 0 fully saturated rings. The van der Waals surface area contributed by atoms with Crippen LogP contribution in [0.1, 0.15) is 37.9 Å². The smallest absolute Gasteiger partial charge is 0.333 e. The predicted molar refractivity (Wildman–Crippen MR) is 76.1 cm³/mol. The highest BCUT2D eigenvalue weighted by Gasteiger charge is 2.40. The Kier molecular flexibility index (Phi) is 3.84. The first-order valence-electron chi connectivity index (χ1n) is 6.83. The molecule has 1 amide bonds. The Morgan fingerprint density at radius 1 is 1.25 bits per heavy atom. The Hall–Kier alpha value is -1.84. The Morgan fingerprint density at radius 2 is 1.90 bits per heavy atom. The molecule has 0 radical (unpaired) electrons. The van der Waals surface area contributed by atoms with E-state index in [1.54, 1.807) is 4.90 Å². The molecule has 0 aromatic heterocycles. The van der Waals surface area contributed by atoms with E-state index in [0.29, 0.717) is 6.54 Å². The summed E-state index contributed by atoms with van der Waals surface area (Å²) >= 11 is 0. The normalized spacial score (nSPS) is 18.4. The highest BCUT2D eigenvalue weighted by Crippen LogP contribution is 2.33. The fourth-order valence-electron chi connectivity index (χ4n) is 2.58. The van der Waals surface area contributed by atoms with Crippen molar-refractivity contribution < 1.29 is 14.3 Å². The first-order valence-corrected chi connectivity index (χ1v) is 6.83. The van der Waals surface area contributed by atoms with Gasteiger partial charge in [0.1, 0.15) is 0 Å². The summed E-state index contributed by atoms with van der Waals surface area (Å²) in [5, 5.41) is 0. The van der Waals surface area contributed by atoms with Gasteiger partial charge in [-0.3, -0.25) is 4.79 Å². The number of rotatable bonds is 1. The number of nitrogens with zero attached hydrogens (tertiary/aromatic N) is 1. The van der Waals surface area contributed by atoms with Crippen molar-refractivity contribution in [3.8, 4) is 0 Å². The zero-order valence-corrected chi connectivity index (χ0v) is 12.5. The van der Waals surface area contributed by atoms with Crippen LogP contribution in [0.25, 0.3) is 0 Å². The third kappa shape index (κ3) is 2.55. The third-order valence-electron chi connectivity index (χ3n) is 3.61. The Labute approximate surface area is 119 Å². The lowest BCUT2D eigenvalue weighted by Gasteiger charge is -2.38. The fourth-order valence-corrected chi connectivity index (χ4v) is 2.58. The van der Waals surface area contributed by atoms with E-state index in [9.17, 15) is 9.59 Å². The molecule has 1 unspecified atom stereocenters. The summed E-state index contributed by atoms with van der Waals surface area (Å²) in [6.45, 7) is 6.14. The van der Waals surface area contributed by atoms with Gasteiger partial charge in [0.15, 0.2) is 6.04 Å². The largest absolute Gasteiger partial charge is 0.467 e. The molecule has 0 spiro atoms. The standard InChI is InChI=1S/C16H21NO3/c1-16(2,3)15(19)17-10-9-11-7-5-6-8-12(11)13(17)14(18)20-4/h5-8,13H,9-10H2,1-4H3. The molecule has 4 heteroatoms. The molecule has 1 aromatic rings. The Balaban J connectivity index is 2.45. The average Bonchev–Trinajstić information content (AvgIpc) is 2.43. The van der Waals surface area contributed by atoms with Crippen LogP contribution < -0.4 is 0 Å². The number of fused-ring (bicyclic) bond motifs is 1. The van der Waals surface area contributed by atoms with E-state index in [1.807, 2.05) is 45.0 Å². The van der Waals surface area contributed by atoms with Gasteiger partial charge in [0.25, 0.3) is 0 Å². The SMILES string of the molecule is COC(=O)C1c2ccccc2CCN1C(=O)C(C)(C)C. The van der Waals surface area contributed by atoms with Crippen LogP contribution in [0.15, 0.2) is 24.3 Å². The van der Waals surface area contributed by atoms with Gasteiger partial charge in [-0.2, -0.15) is 0 Å². The maximum Gasteiger partial charge on any atom is 0.333 e. The molecular formula is C16H21NO3. The molecule has 108 valence electrons. The zero-order valence-electron chi connectivity index (χ0n) is 12.5. The van der Waals surface area contributed by atoms with Gasteiger partial charge in [0.2, 0.25) is 5.91 Å². The van der Waals surface area contributed by atoms with Crippen molar-refractivity contribution in [3.63, 3.8) is 0 Å². The molecule has 1 aliphatic rings. The lowest BCUT2D eigenvalue weighted by atomic mass is 9.88. The summed E-state index contributed by atoms with van der Waals surface area (Å²) in [4.78, 5) is 26.4. The molecule has 2 rings (SSSR count). The van der Waals surface area contributed by atoms with Crippen LogP contribution >= 0.6 is 0 Å². The minimum absolute atomic E-state index is 0.0256. The minimum atomic E-state index is -0.628. The summed E-state index contributed by atoms with van der Waals surface area (Å²) in [7, 11) is 1.36. The quantitative estimate of drug-likeness (QED) is 0.739. The molecule has 1 aliphatic heterocycles. The minimum Gasteiger partial charge on any atom is -0.467 e. The molecule has 1 aromatic carbocycles. The third-order valence-corrected chi connectivity index (χ3v) is 3.61. The Morgan fingerprint density at radius 3 is 2.50 bits per heavy atom.